The van der Waals surface area contributed by atoms with Crippen molar-refractivity contribution in [2.24, 2.45) is 0 Å². The van der Waals surface area contributed by atoms with Crippen molar-refractivity contribution in [1.82, 2.24) is 10.6 Å². The zero-order valence-corrected chi connectivity index (χ0v) is 16.0. The molecule has 0 radical (unpaired) electrons. The van der Waals surface area contributed by atoms with E-state index in [1.807, 2.05) is 4.90 Å². The van der Waals surface area contributed by atoms with Gasteiger partial charge in [0, 0.05) is 44.0 Å². The van der Waals surface area contributed by atoms with Crippen LogP contribution in [0.15, 0.2) is 24.3 Å². The van der Waals surface area contributed by atoms with Crippen LogP contribution in [-0.4, -0.2) is 57.2 Å². The number of nitrogens with one attached hydrogen (secondary N) is 2. The van der Waals surface area contributed by atoms with Crippen LogP contribution in [-0.2, 0) is 9.53 Å². The fourth-order valence-corrected chi connectivity index (χ4v) is 3.02. The molecule has 2 fully saturated rings. The zero-order valence-electron chi connectivity index (χ0n) is 14.3. The van der Waals surface area contributed by atoms with Gasteiger partial charge in [-0.15, -0.1) is 38.0 Å². The average molecular weight is 432 g/mol. The van der Waals surface area contributed by atoms with E-state index in [9.17, 15) is 18.0 Å². The Bertz CT molecular complexity index is 616. The number of rotatable bonds is 4. The van der Waals surface area contributed by atoms with Crippen LogP contribution in [0.4, 0.5) is 18.9 Å². The Hall–Kier alpha value is -1.42. The van der Waals surface area contributed by atoms with Crippen LogP contribution in [0, 0.1) is 0 Å². The molecule has 154 valence electrons. The van der Waals surface area contributed by atoms with Gasteiger partial charge in [-0.1, -0.05) is 6.07 Å². The molecule has 2 aliphatic rings. The van der Waals surface area contributed by atoms with Crippen LogP contribution in [0.3, 0.4) is 0 Å². The second kappa shape index (κ2) is 10.2. The molecule has 1 aromatic rings. The fourth-order valence-electron chi connectivity index (χ4n) is 3.02. The molecule has 2 heterocycles. The Labute approximate surface area is 167 Å². The molecule has 2 saturated heterocycles. The lowest BCUT2D eigenvalue weighted by atomic mass is 10.2. The quantitative estimate of drug-likeness (QED) is 0.764. The van der Waals surface area contributed by atoms with Crippen molar-refractivity contribution in [1.29, 1.82) is 0 Å². The first-order valence-electron chi connectivity index (χ1n) is 8.14. The van der Waals surface area contributed by atoms with Gasteiger partial charge in [-0.2, -0.15) is 0 Å². The summed E-state index contributed by atoms with van der Waals surface area (Å²) in [4.78, 5) is 14.1. The van der Waals surface area contributed by atoms with Gasteiger partial charge in [0.1, 0.15) is 11.9 Å². The number of halogens is 5. The number of anilines is 1. The number of nitrogens with zero attached hydrogens (tertiary/aromatic N) is 1. The summed E-state index contributed by atoms with van der Waals surface area (Å²) >= 11 is 0. The van der Waals surface area contributed by atoms with Crippen LogP contribution >= 0.6 is 24.8 Å². The highest BCUT2D eigenvalue weighted by Crippen LogP contribution is 2.28. The number of alkyl halides is 3. The monoisotopic (exact) mass is 431 g/mol. The largest absolute Gasteiger partial charge is 0.573 e. The number of ether oxygens (including phenoxy) is 2. The van der Waals surface area contributed by atoms with E-state index >= 15 is 0 Å². The smallest absolute Gasteiger partial charge is 0.406 e. The van der Waals surface area contributed by atoms with E-state index in [4.69, 9.17) is 4.74 Å². The molecule has 1 amide bonds. The number of hydrogen-bond acceptors (Lipinski definition) is 5. The van der Waals surface area contributed by atoms with Gasteiger partial charge in [0.2, 0.25) is 0 Å². The van der Waals surface area contributed by atoms with E-state index in [2.05, 4.69) is 15.4 Å². The van der Waals surface area contributed by atoms with E-state index in [0.29, 0.717) is 31.9 Å². The second-order valence-corrected chi connectivity index (χ2v) is 6.05. The molecule has 2 aliphatic heterocycles. The highest BCUT2D eigenvalue weighted by Gasteiger charge is 2.32. The molecule has 2 atom stereocenters. The molecule has 27 heavy (non-hydrogen) atoms. The molecule has 0 aromatic heterocycles. The summed E-state index contributed by atoms with van der Waals surface area (Å²) in [6.07, 6.45) is -4.49. The maximum absolute atomic E-state index is 12.3. The molecule has 0 bridgehead atoms. The van der Waals surface area contributed by atoms with Crippen molar-refractivity contribution in [2.75, 3.05) is 37.7 Å². The van der Waals surface area contributed by atoms with Gasteiger partial charge in [0.05, 0.1) is 6.61 Å². The van der Waals surface area contributed by atoms with Crippen LogP contribution in [0.5, 0.6) is 5.75 Å². The molecular formula is C16H22Cl2F3N3O3. The van der Waals surface area contributed by atoms with Crippen molar-refractivity contribution in [3.05, 3.63) is 24.3 Å². The standard InChI is InChI=1S/C16H20F3N3O3.2ClH/c17-16(18,19)25-13-3-1-2-12(8-13)22-6-4-11(10-22)21-15(23)14-9-20-5-7-24-14;;/h1-3,8,11,14,20H,4-7,9-10H2,(H,21,23);2*1H. The van der Waals surface area contributed by atoms with Gasteiger partial charge < -0.3 is 25.0 Å². The summed E-state index contributed by atoms with van der Waals surface area (Å²) in [5, 5.41) is 6.04. The topological polar surface area (TPSA) is 62.8 Å². The summed E-state index contributed by atoms with van der Waals surface area (Å²) in [7, 11) is 0. The Kier molecular flexibility index (Phi) is 8.93. The van der Waals surface area contributed by atoms with Crippen LogP contribution in [0.2, 0.25) is 0 Å². The average Bonchev–Trinajstić information content (AvgIpc) is 3.03. The highest BCUT2D eigenvalue weighted by atomic mass is 35.5. The van der Waals surface area contributed by atoms with Crippen molar-refractivity contribution in [3.63, 3.8) is 0 Å². The lowest BCUT2D eigenvalue weighted by molar-refractivity contribution is -0.274. The summed E-state index contributed by atoms with van der Waals surface area (Å²) in [6, 6.07) is 5.79. The Morgan fingerprint density at radius 1 is 1.33 bits per heavy atom. The molecule has 2 N–H and O–H groups in total. The lowest BCUT2D eigenvalue weighted by Gasteiger charge is -2.25. The summed E-state index contributed by atoms with van der Waals surface area (Å²) in [5.41, 5.74) is 0.633. The third kappa shape index (κ3) is 6.91. The van der Waals surface area contributed by atoms with E-state index in [1.165, 1.54) is 18.2 Å². The molecule has 0 aliphatic carbocycles. The van der Waals surface area contributed by atoms with Crippen LogP contribution in [0.1, 0.15) is 6.42 Å². The third-order valence-corrected chi connectivity index (χ3v) is 4.17. The molecule has 1 aromatic carbocycles. The van der Waals surface area contributed by atoms with Crippen molar-refractivity contribution in [3.8, 4) is 5.75 Å². The predicted octanol–water partition coefficient (Wildman–Crippen LogP) is 2.11. The SMILES string of the molecule is Cl.Cl.O=C(NC1CCN(c2cccc(OC(F)(F)F)c2)C1)C1CNCCO1. The number of hydrogen-bond donors (Lipinski definition) is 2. The number of amides is 1. The van der Waals surface area contributed by atoms with Gasteiger partial charge in [-0.3, -0.25) is 4.79 Å². The number of carbonyl (C=O) groups is 1. The molecule has 2 unspecified atom stereocenters. The molecular weight excluding hydrogens is 410 g/mol. The molecule has 0 spiro atoms. The minimum Gasteiger partial charge on any atom is -0.406 e. The second-order valence-electron chi connectivity index (χ2n) is 6.05. The maximum Gasteiger partial charge on any atom is 0.573 e. The first kappa shape index (κ1) is 23.6. The lowest BCUT2D eigenvalue weighted by Crippen LogP contribution is -2.50. The van der Waals surface area contributed by atoms with E-state index in [-0.39, 0.29) is 42.5 Å². The summed E-state index contributed by atoms with van der Waals surface area (Å²) in [6.45, 7) is 2.89. The Balaban J connectivity index is 0.00000182. The van der Waals surface area contributed by atoms with Gasteiger partial charge in [-0.25, -0.2) is 0 Å². The van der Waals surface area contributed by atoms with Gasteiger partial charge >= 0.3 is 6.36 Å². The van der Waals surface area contributed by atoms with E-state index in [1.54, 1.807) is 6.07 Å². The Morgan fingerprint density at radius 3 is 2.78 bits per heavy atom. The van der Waals surface area contributed by atoms with Crippen molar-refractivity contribution < 1.29 is 27.4 Å². The van der Waals surface area contributed by atoms with Crippen molar-refractivity contribution >= 4 is 36.4 Å². The van der Waals surface area contributed by atoms with Gasteiger partial charge in [0.25, 0.3) is 5.91 Å². The Morgan fingerprint density at radius 2 is 2.11 bits per heavy atom. The van der Waals surface area contributed by atoms with Crippen molar-refractivity contribution in [2.45, 2.75) is 24.9 Å². The number of morpholine rings is 1. The zero-order chi connectivity index (χ0) is 17.9. The summed E-state index contributed by atoms with van der Waals surface area (Å²) in [5.74, 6) is -0.410. The third-order valence-electron chi connectivity index (χ3n) is 4.17. The minimum atomic E-state index is -4.71. The minimum absolute atomic E-state index is 0. The summed E-state index contributed by atoms with van der Waals surface area (Å²) < 4.78 is 46.4. The van der Waals surface area contributed by atoms with Crippen LogP contribution in [0.25, 0.3) is 0 Å². The molecule has 6 nitrogen and oxygen atoms in total. The van der Waals surface area contributed by atoms with Crippen LogP contribution < -0.4 is 20.3 Å². The predicted molar refractivity (Wildman–Crippen MR) is 99.0 cm³/mol. The first-order chi connectivity index (χ1) is 11.9. The highest BCUT2D eigenvalue weighted by molar-refractivity contribution is 5.85. The van der Waals surface area contributed by atoms with Gasteiger partial charge in [0.15, 0.2) is 0 Å². The molecule has 11 heteroatoms. The number of carbonyl (C=O) groups excluding carboxylic acids is 1. The maximum atomic E-state index is 12.3. The molecule has 0 saturated carbocycles. The van der Waals surface area contributed by atoms with E-state index in [0.717, 1.165) is 13.0 Å². The number of benzene rings is 1. The normalized spacial score (nSPS) is 22.4. The van der Waals surface area contributed by atoms with Gasteiger partial charge in [-0.05, 0) is 18.6 Å². The van der Waals surface area contributed by atoms with E-state index < -0.39 is 12.5 Å². The first-order valence-corrected chi connectivity index (χ1v) is 8.14. The fraction of sp³-hybridized carbons (Fsp3) is 0.562. The molecule has 3 rings (SSSR count).